The fourth-order valence-electron chi connectivity index (χ4n) is 1.85. The van der Waals surface area contributed by atoms with Crippen molar-refractivity contribution >= 4 is 0 Å². The summed E-state index contributed by atoms with van der Waals surface area (Å²) in [5.74, 6) is 0.679. The monoisotopic (exact) mass is 209 g/mol. The molecule has 1 aromatic rings. The van der Waals surface area contributed by atoms with Gasteiger partial charge in [-0.3, -0.25) is 0 Å². The molecule has 0 aliphatic heterocycles. The number of nitrogens with one attached hydrogen (secondary N) is 2. The standard InChI is InChI=1S/C12H23N3/c1-10(2)12(15(3)4)9-14-8-11-5-6-13-7-11/h5-7,10,12-14H,8-9H2,1-4H3. The average Bonchev–Trinajstić information content (AvgIpc) is 2.63. The maximum absolute atomic E-state index is 3.49. The molecule has 3 nitrogen and oxygen atoms in total. The lowest BCUT2D eigenvalue weighted by atomic mass is 10.0. The van der Waals surface area contributed by atoms with Crippen LogP contribution in [0, 0.1) is 5.92 Å². The Hall–Kier alpha value is -0.800. The molecule has 0 aromatic carbocycles. The number of hydrogen-bond donors (Lipinski definition) is 2. The van der Waals surface area contributed by atoms with Gasteiger partial charge in [-0.15, -0.1) is 0 Å². The lowest BCUT2D eigenvalue weighted by Crippen LogP contribution is -2.41. The molecule has 1 heterocycles. The van der Waals surface area contributed by atoms with Crippen LogP contribution in [0.5, 0.6) is 0 Å². The molecule has 0 radical (unpaired) electrons. The molecule has 3 heteroatoms. The quantitative estimate of drug-likeness (QED) is 0.747. The van der Waals surface area contributed by atoms with Gasteiger partial charge in [-0.05, 0) is 31.6 Å². The van der Waals surface area contributed by atoms with Gasteiger partial charge in [0.2, 0.25) is 0 Å². The molecule has 0 aliphatic carbocycles. The molecule has 1 atom stereocenters. The highest BCUT2D eigenvalue weighted by molar-refractivity contribution is 5.07. The minimum absolute atomic E-state index is 0.601. The molecule has 1 aromatic heterocycles. The molecule has 0 bridgehead atoms. The third kappa shape index (κ3) is 4.06. The molecule has 0 saturated carbocycles. The van der Waals surface area contributed by atoms with E-state index in [1.54, 1.807) is 0 Å². The summed E-state index contributed by atoms with van der Waals surface area (Å²) in [7, 11) is 4.28. The SMILES string of the molecule is CC(C)C(CNCc1cc[nH]c1)N(C)C. The van der Waals surface area contributed by atoms with E-state index in [1.807, 2.05) is 12.4 Å². The van der Waals surface area contributed by atoms with Crippen LogP contribution >= 0.6 is 0 Å². The second kappa shape index (κ2) is 5.93. The zero-order valence-electron chi connectivity index (χ0n) is 10.2. The summed E-state index contributed by atoms with van der Waals surface area (Å²) in [6, 6.07) is 2.71. The first-order chi connectivity index (χ1) is 7.11. The van der Waals surface area contributed by atoms with E-state index in [9.17, 15) is 0 Å². The van der Waals surface area contributed by atoms with Crippen molar-refractivity contribution in [3.63, 3.8) is 0 Å². The molecule has 86 valence electrons. The second-order valence-corrected chi connectivity index (χ2v) is 4.63. The fourth-order valence-corrected chi connectivity index (χ4v) is 1.85. The van der Waals surface area contributed by atoms with E-state index in [0.29, 0.717) is 12.0 Å². The first kappa shape index (κ1) is 12.3. The zero-order valence-corrected chi connectivity index (χ0v) is 10.2. The second-order valence-electron chi connectivity index (χ2n) is 4.63. The molecular formula is C12H23N3. The summed E-state index contributed by atoms with van der Waals surface area (Å²) in [4.78, 5) is 5.35. The van der Waals surface area contributed by atoms with Crippen LogP contribution in [0.25, 0.3) is 0 Å². The third-order valence-electron chi connectivity index (χ3n) is 2.78. The number of rotatable bonds is 6. The smallest absolute Gasteiger partial charge is 0.0237 e. The first-order valence-electron chi connectivity index (χ1n) is 5.60. The van der Waals surface area contributed by atoms with E-state index < -0.39 is 0 Å². The molecule has 0 fully saturated rings. The van der Waals surface area contributed by atoms with Crippen LogP contribution in [-0.2, 0) is 6.54 Å². The van der Waals surface area contributed by atoms with Crippen molar-refractivity contribution < 1.29 is 0 Å². The fraction of sp³-hybridized carbons (Fsp3) is 0.667. The van der Waals surface area contributed by atoms with Crippen LogP contribution in [0.15, 0.2) is 18.5 Å². The Bertz CT molecular complexity index is 244. The van der Waals surface area contributed by atoms with Crippen molar-refractivity contribution in [3.8, 4) is 0 Å². The van der Waals surface area contributed by atoms with Crippen LogP contribution in [0.4, 0.5) is 0 Å². The molecule has 0 saturated heterocycles. The molecule has 0 aliphatic rings. The summed E-state index contributed by atoms with van der Waals surface area (Å²) >= 11 is 0. The van der Waals surface area contributed by atoms with Crippen LogP contribution in [-0.4, -0.2) is 36.6 Å². The molecule has 0 spiro atoms. The number of hydrogen-bond acceptors (Lipinski definition) is 2. The Balaban J connectivity index is 2.28. The van der Waals surface area contributed by atoms with Crippen LogP contribution in [0.3, 0.4) is 0 Å². The Kier molecular flexibility index (Phi) is 4.85. The first-order valence-corrected chi connectivity index (χ1v) is 5.60. The number of aromatic amines is 1. The zero-order chi connectivity index (χ0) is 11.3. The number of nitrogens with zero attached hydrogens (tertiary/aromatic N) is 1. The van der Waals surface area contributed by atoms with E-state index in [-0.39, 0.29) is 0 Å². The molecule has 0 amide bonds. The number of aromatic nitrogens is 1. The van der Waals surface area contributed by atoms with Gasteiger partial charge < -0.3 is 15.2 Å². The lowest BCUT2D eigenvalue weighted by molar-refractivity contribution is 0.224. The van der Waals surface area contributed by atoms with Crippen molar-refractivity contribution in [1.82, 2.24) is 15.2 Å². The topological polar surface area (TPSA) is 31.1 Å². The highest BCUT2D eigenvalue weighted by Gasteiger charge is 2.14. The molecule has 1 rings (SSSR count). The van der Waals surface area contributed by atoms with Gasteiger partial charge in [0.05, 0.1) is 0 Å². The minimum atomic E-state index is 0.601. The molecular weight excluding hydrogens is 186 g/mol. The van der Waals surface area contributed by atoms with Crippen LogP contribution in [0.2, 0.25) is 0 Å². The van der Waals surface area contributed by atoms with Crippen molar-refractivity contribution in [3.05, 3.63) is 24.0 Å². The predicted molar refractivity (Wildman–Crippen MR) is 64.8 cm³/mol. The summed E-state index contributed by atoms with van der Waals surface area (Å²) in [6.45, 7) is 6.52. The van der Waals surface area contributed by atoms with E-state index in [4.69, 9.17) is 0 Å². The molecule has 2 N–H and O–H groups in total. The van der Waals surface area contributed by atoms with Crippen LogP contribution < -0.4 is 5.32 Å². The van der Waals surface area contributed by atoms with Crippen molar-refractivity contribution in [1.29, 1.82) is 0 Å². The van der Waals surface area contributed by atoms with Gasteiger partial charge in [0.15, 0.2) is 0 Å². The molecule has 1 unspecified atom stereocenters. The number of H-pyrrole nitrogens is 1. The summed E-state index contributed by atoms with van der Waals surface area (Å²) < 4.78 is 0. The van der Waals surface area contributed by atoms with Gasteiger partial charge in [-0.25, -0.2) is 0 Å². The highest BCUT2D eigenvalue weighted by Crippen LogP contribution is 2.06. The van der Waals surface area contributed by atoms with Gasteiger partial charge in [-0.1, -0.05) is 13.8 Å². The lowest BCUT2D eigenvalue weighted by Gasteiger charge is -2.28. The van der Waals surface area contributed by atoms with Gasteiger partial charge >= 0.3 is 0 Å². The normalized spacial score (nSPS) is 13.7. The van der Waals surface area contributed by atoms with Gasteiger partial charge in [0, 0.05) is 31.5 Å². The van der Waals surface area contributed by atoms with Crippen LogP contribution in [0.1, 0.15) is 19.4 Å². The number of likely N-dealkylation sites (N-methyl/N-ethyl adjacent to an activating group) is 1. The van der Waals surface area contributed by atoms with E-state index in [0.717, 1.165) is 13.1 Å². The predicted octanol–water partition coefficient (Wildman–Crippen LogP) is 1.69. The van der Waals surface area contributed by atoms with Gasteiger partial charge in [-0.2, -0.15) is 0 Å². The van der Waals surface area contributed by atoms with Gasteiger partial charge in [0.1, 0.15) is 0 Å². The third-order valence-corrected chi connectivity index (χ3v) is 2.78. The Morgan fingerprint density at radius 2 is 2.13 bits per heavy atom. The largest absolute Gasteiger partial charge is 0.367 e. The van der Waals surface area contributed by atoms with Gasteiger partial charge in [0.25, 0.3) is 0 Å². The van der Waals surface area contributed by atoms with Crippen molar-refractivity contribution in [2.75, 3.05) is 20.6 Å². The Labute approximate surface area is 92.9 Å². The highest BCUT2D eigenvalue weighted by atomic mass is 15.1. The summed E-state index contributed by atoms with van der Waals surface area (Å²) in [5, 5.41) is 3.49. The van der Waals surface area contributed by atoms with Crippen molar-refractivity contribution in [2.45, 2.75) is 26.4 Å². The maximum Gasteiger partial charge on any atom is 0.0237 e. The van der Waals surface area contributed by atoms with E-state index >= 15 is 0 Å². The minimum Gasteiger partial charge on any atom is -0.367 e. The summed E-state index contributed by atoms with van der Waals surface area (Å²) in [6.07, 6.45) is 4.00. The Morgan fingerprint density at radius 1 is 1.40 bits per heavy atom. The van der Waals surface area contributed by atoms with E-state index in [1.165, 1.54) is 5.56 Å². The van der Waals surface area contributed by atoms with E-state index in [2.05, 4.69) is 49.2 Å². The maximum atomic E-state index is 3.49. The Morgan fingerprint density at radius 3 is 2.60 bits per heavy atom. The van der Waals surface area contributed by atoms with Crippen molar-refractivity contribution in [2.24, 2.45) is 5.92 Å². The average molecular weight is 209 g/mol. The molecule has 15 heavy (non-hydrogen) atoms. The summed E-state index contributed by atoms with van der Waals surface area (Å²) in [5.41, 5.74) is 1.32.